The van der Waals surface area contributed by atoms with Crippen LogP contribution in [-0.2, 0) is 0 Å². The molecule has 0 fully saturated rings. The van der Waals surface area contributed by atoms with Gasteiger partial charge in [0.15, 0.2) is 17.5 Å². The Hall–Kier alpha value is -2.31. The molecule has 2 rings (SSSR count). The second-order valence-electron chi connectivity index (χ2n) is 3.56. The van der Waals surface area contributed by atoms with Gasteiger partial charge in [0.1, 0.15) is 11.5 Å². The summed E-state index contributed by atoms with van der Waals surface area (Å²) < 4.78 is 38.9. The molecule has 94 valence electrons. The van der Waals surface area contributed by atoms with Crippen molar-refractivity contribution in [3.63, 3.8) is 0 Å². The van der Waals surface area contributed by atoms with Crippen molar-refractivity contribution in [2.75, 3.05) is 5.32 Å². The Bertz CT molecular complexity index is 610. The topological polar surface area (TPSA) is 57.8 Å². The Morgan fingerprint density at radius 1 is 1.28 bits per heavy atom. The van der Waals surface area contributed by atoms with Crippen LogP contribution in [0.4, 0.5) is 18.9 Å². The number of carbonyl (C=O) groups is 1. The molecule has 0 aliphatic rings. The fraction of sp³-hybridized carbons (Fsp3) is 0.0909. The number of rotatable bonds is 2. The third kappa shape index (κ3) is 2.20. The predicted octanol–water partition coefficient (Wildman–Crippen LogP) is 2.39. The first-order chi connectivity index (χ1) is 8.49. The smallest absolute Gasteiger partial charge is 0.273 e. The second-order valence-corrected chi connectivity index (χ2v) is 3.56. The summed E-state index contributed by atoms with van der Waals surface area (Å²) in [5, 5.41) is 2.12. The first kappa shape index (κ1) is 12.2. The zero-order valence-electron chi connectivity index (χ0n) is 9.22. The van der Waals surface area contributed by atoms with Crippen molar-refractivity contribution in [3.8, 4) is 0 Å². The Morgan fingerprint density at radius 2 is 2.00 bits per heavy atom. The highest BCUT2D eigenvalue weighted by atomic mass is 19.2. The number of aryl methyl sites for hydroxylation is 1. The Labute approximate surface area is 99.9 Å². The number of amides is 1. The van der Waals surface area contributed by atoms with Gasteiger partial charge in [0.25, 0.3) is 5.91 Å². The van der Waals surface area contributed by atoms with E-state index in [9.17, 15) is 18.0 Å². The Morgan fingerprint density at radius 3 is 2.61 bits per heavy atom. The molecule has 0 aliphatic carbocycles. The predicted molar refractivity (Wildman–Crippen MR) is 57.6 cm³/mol. The summed E-state index contributed by atoms with van der Waals surface area (Å²) in [6, 6.07) is 1.67. The van der Waals surface area contributed by atoms with Gasteiger partial charge >= 0.3 is 0 Å². The summed E-state index contributed by atoms with van der Waals surface area (Å²) in [4.78, 5) is 18.0. The van der Waals surface area contributed by atoms with E-state index in [0.29, 0.717) is 5.82 Å². The van der Waals surface area contributed by atoms with Crippen LogP contribution < -0.4 is 5.32 Å². The maximum atomic E-state index is 13.3. The van der Waals surface area contributed by atoms with E-state index in [-0.39, 0.29) is 5.69 Å². The molecular formula is C11H8F3N3O. The first-order valence-electron chi connectivity index (χ1n) is 4.95. The number of carbonyl (C=O) groups excluding carboxylic acids is 1. The number of hydrogen-bond acceptors (Lipinski definition) is 2. The molecule has 1 amide bonds. The van der Waals surface area contributed by atoms with Crippen molar-refractivity contribution in [1.82, 2.24) is 9.97 Å². The molecule has 1 aromatic heterocycles. The van der Waals surface area contributed by atoms with Crippen molar-refractivity contribution in [1.29, 1.82) is 0 Å². The summed E-state index contributed by atoms with van der Waals surface area (Å²) in [7, 11) is 0. The lowest BCUT2D eigenvalue weighted by Crippen LogP contribution is -2.14. The van der Waals surface area contributed by atoms with Crippen molar-refractivity contribution < 1.29 is 18.0 Å². The standard InChI is InChI=1S/C11H8F3N3O/c1-5-15-4-8(16-5)11(18)17-7-3-2-6(12)9(13)10(7)14/h2-4H,1H3,(H,15,16)(H,17,18). The second kappa shape index (κ2) is 4.52. The number of benzene rings is 1. The minimum atomic E-state index is -1.63. The van der Waals surface area contributed by atoms with Crippen LogP contribution in [0.25, 0.3) is 0 Å². The van der Waals surface area contributed by atoms with Crippen LogP contribution in [0.5, 0.6) is 0 Å². The number of hydrogen-bond donors (Lipinski definition) is 2. The minimum Gasteiger partial charge on any atom is -0.338 e. The van der Waals surface area contributed by atoms with Crippen molar-refractivity contribution in [2.24, 2.45) is 0 Å². The van der Waals surface area contributed by atoms with Crippen LogP contribution in [0.15, 0.2) is 18.3 Å². The van der Waals surface area contributed by atoms with Gasteiger partial charge in [0.05, 0.1) is 11.9 Å². The fourth-order valence-corrected chi connectivity index (χ4v) is 1.35. The lowest BCUT2D eigenvalue weighted by atomic mass is 10.2. The number of imidazole rings is 1. The molecule has 0 radical (unpaired) electrons. The van der Waals surface area contributed by atoms with Gasteiger partial charge in [0.2, 0.25) is 0 Å². The van der Waals surface area contributed by atoms with Crippen LogP contribution in [-0.4, -0.2) is 15.9 Å². The highest BCUT2D eigenvalue weighted by Crippen LogP contribution is 2.20. The molecule has 0 saturated carbocycles. The third-order valence-corrected chi connectivity index (χ3v) is 2.23. The highest BCUT2D eigenvalue weighted by molar-refractivity contribution is 6.02. The normalized spacial score (nSPS) is 10.4. The maximum Gasteiger partial charge on any atom is 0.273 e. The number of nitrogens with one attached hydrogen (secondary N) is 2. The van der Waals surface area contributed by atoms with E-state index in [0.717, 1.165) is 12.1 Å². The highest BCUT2D eigenvalue weighted by Gasteiger charge is 2.16. The van der Waals surface area contributed by atoms with E-state index < -0.39 is 29.0 Å². The van der Waals surface area contributed by atoms with E-state index in [1.165, 1.54) is 6.20 Å². The third-order valence-electron chi connectivity index (χ3n) is 2.23. The minimum absolute atomic E-state index is 0.0941. The molecule has 2 N–H and O–H groups in total. The zero-order chi connectivity index (χ0) is 13.3. The van der Waals surface area contributed by atoms with Gasteiger partial charge in [-0.2, -0.15) is 0 Å². The number of aromatic amines is 1. The molecule has 0 saturated heterocycles. The Kier molecular flexibility index (Phi) is 3.05. The van der Waals surface area contributed by atoms with E-state index >= 15 is 0 Å². The van der Waals surface area contributed by atoms with Gasteiger partial charge in [-0.25, -0.2) is 18.2 Å². The number of anilines is 1. The molecule has 18 heavy (non-hydrogen) atoms. The van der Waals surface area contributed by atoms with Crippen molar-refractivity contribution in [2.45, 2.75) is 6.92 Å². The summed E-state index contributed by atoms with van der Waals surface area (Å²) in [6.07, 6.45) is 1.25. The molecule has 7 heteroatoms. The van der Waals surface area contributed by atoms with E-state index in [4.69, 9.17) is 0 Å². The summed E-state index contributed by atoms with van der Waals surface area (Å²) in [5.74, 6) is -4.58. The largest absolute Gasteiger partial charge is 0.338 e. The molecule has 2 aromatic rings. The molecule has 0 unspecified atom stereocenters. The molecule has 0 spiro atoms. The van der Waals surface area contributed by atoms with E-state index in [1.807, 2.05) is 0 Å². The summed E-state index contributed by atoms with van der Waals surface area (Å²) in [5.41, 5.74) is -0.345. The molecule has 0 atom stereocenters. The average molecular weight is 255 g/mol. The summed E-state index contributed by atoms with van der Waals surface area (Å²) in [6.45, 7) is 1.63. The maximum absolute atomic E-state index is 13.3. The molecule has 0 aliphatic heterocycles. The zero-order valence-corrected chi connectivity index (χ0v) is 9.22. The molecule has 1 heterocycles. The van der Waals surface area contributed by atoms with Crippen LogP contribution >= 0.6 is 0 Å². The lowest BCUT2D eigenvalue weighted by molar-refractivity contribution is 0.102. The number of nitrogens with zero attached hydrogens (tertiary/aromatic N) is 1. The monoisotopic (exact) mass is 255 g/mol. The van der Waals surface area contributed by atoms with Gasteiger partial charge in [-0.05, 0) is 19.1 Å². The van der Waals surface area contributed by atoms with Crippen LogP contribution in [0.3, 0.4) is 0 Å². The quantitative estimate of drug-likeness (QED) is 0.809. The lowest BCUT2D eigenvalue weighted by Gasteiger charge is -2.05. The average Bonchev–Trinajstić information content (AvgIpc) is 2.77. The van der Waals surface area contributed by atoms with Crippen molar-refractivity contribution >= 4 is 11.6 Å². The van der Waals surface area contributed by atoms with Gasteiger partial charge in [-0.1, -0.05) is 0 Å². The van der Waals surface area contributed by atoms with Gasteiger partial charge < -0.3 is 10.3 Å². The number of aromatic nitrogens is 2. The number of halogens is 3. The van der Waals surface area contributed by atoms with Crippen LogP contribution in [0.1, 0.15) is 16.3 Å². The van der Waals surface area contributed by atoms with Crippen molar-refractivity contribution in [3.05, 3.63) is 47.3 Å². The van der Waals surface area contributed by atoms with E-state index in [2.05, 4.69) is 15.3 Å². The van der Waals surface area contributed by atoms with Crippen LogP contribution in [0.2, 0.25) is 0 Å². The van der Waals surface area contributed by atoms with Crippen LogP contribution in [0, 0.1) is 24.4 Å². The fourth-order valence-electron chi connectivity index (χ4n) is 1.35. The summed E-state index contributed by atoms with van der Waals surface area (Å²) >= 11 is 0. The van der Waals surface area contributed by atoms with Gasteiger partial charge in [-0.15, -0.1) is 0 Å². The Balaban J connectivity index is 2.25. The molecule has 0 bridgehead atoms. The number of H-pyrrole nitrogens is 1. The van der Waals surface area contributed by atoms with Gasteiger partial charge in [-0.3, -0.25) is 4.79 Å². The van der Waals surface area contributed by atoms with Gasteiger partial charge in [0, 0.05) is 0 Å². The SMILES string of the molecule is Cc1ncc(C(=O)Nc2ccc(F)c(F)c2F)[nH]1. The molecular weight excluding hydrogens is 247 g/mol. The molecule has 1 aromatic carbocycles. The molecule has 4 nitrogen and oxygen atoms in total. The van der Waals surface area contributed by atoms with E-state index in [1.54, 1.807) is 6.92 Å². The first-order valence-corrected chi connectivity index (χ1v) is 4.95.